The lowest BCUT2D eigenvalue weighted by Gasteiger charge is -2.34. The summed E-state index contributed by atoms with van der Waals surface area (Å²) in [6.45, 7) is 2.42. The quantitative estimate of drug-likeness (QED) is 0.855. The molecule has 1 unspecified atom stereocenters. The van der Waals surface area contributed by atoms with Gasteiger partial charge in [-0.25, -0.2) is 4.39 Å². The van der Waals surface area contributed by atoms with Crippen molar-refractivity contribution in [3.05, 3.63) is 41.8 Å². The molecule has 0 radical (unpaired) electrons. The maximum absolute atomic E-state index is 13.9. The third-order valence-electron chi connectivity index (χ3n) is 4.65. The Hall–Kier alpha value is -2.25. The van der Waals surface area contributed by atoms with E-state index in [9.17, 15) is 9.18 Å². The first-order chi connectivity index (χ1) is 12.2. The number of halogens is 1. The predicted octanol–water partition coefficient (Wildman–Crippen LogP) is 2.71. The van der Waals surface area contributed by atoms with Crippen molar-refractivity contribution in [3.8, 4) is 11.3 Å². The molecule has 1 atom stereocenters. The van der Waals surface area contributed by atoms with Crippen molar-refractivity contribution >= 4 is 5.91 Å². The van der Waals surface area contributed by atoms with E-state index in [2.05, 4.69) is 5.16 Å². The van der Waals surface area contributed by atoms with E-state index in [1.165, 1.54) is 12.1 Å². The van der Waals surface area contributed by atoms with Gasteiger partial charge >= 0.3 is 0 Å². The number of likely N-dealkylation sites (tertiary alicyclic amines) is 1. The highest BCUT2D eigenvalue weighted by Gasteiger charge is 2.33. The largest absolute Gasteiger partial charge is 0.355 e. The number of carbonyl (C=O) groups excluding carboxylic acids is 1. The van der Waals surface area contributed by atoms with Crippen molar-refractivity contribution in [1.29, 1.82) is 0 Å². The first-order valence-corrected chi connectivity index (χ1v) is 8.46. The predicted molar refractivity (Wildman–Crippen MR) is 86.2 cm³/mol. The van der Waals surface area contributed by atoms with E-state index in [0.29, 0.717) is 31.9 Å². The van der Waals surface area contributed by atoms with Crippen molar-refractivity contribution < 1.29 is 23.2 Å². The molecule has 0 spiro atoms. The number of ether oxygens (including phenoxy) is 2. The van der Waals surface area contributed by atoms with Crippen LogP contribution in [0.25, 0.3) is 11.3 Å². The van der Waals surface area contributed by atoms with Crippen LogP contribution in [0, 0.1) is 11.7 Å². The van der Waals surface area contributed by atoms with Crippen molar-refractivity contribution in [1.82, 2.24) is 10.1 Å². The topological polar surface area (TPSA) is 64.8 Å². The number of nitrogens with zero attached hydrogens (tertiary/aromatic N) is 2. The maximum Gasteiger partial charge on any atom is 0.276 e. The number of benzene rings is 1. The average molecular weight is 346 g/mol. The second-order valence-electron chi connectivity index (χ2n) is 6.32. The van der Waals surface area contributed by atoms with Gasteiger partial charge in [0.2, 0.25) is 0 Å². The third-order valence-corrected chi connectivity index (χ3v) is 4.65. The van der Waals surface area contributed by atoms with Gasteiger partial charge in [0.05, 0.1) is 18.8 Å². The van der Waals surface area contributed by atoms with Gasteiger partial charge in [-0.05, 0) is 25.0 Å². The smallest absolute Gasteiger partial charge is 0.276 e. The molecule has 1 aromatic heterocycles. The molecule has 1 aromatic carbocycles. The molecule has 2 aromatic rings. The van der Waals surface area contributed by atoms with Crippen LogP contribution in [-0.4, -0.2) is 48.6 Å². The lowest BCUT2D eigenvalue weighted by atomic mass is 9.97. The van der Waals surface area contributed by atoms with Gasteiger partial charge in [0, 0.05) is 25.1 Å². The number of carbonyl (C=O) groups is 1. The summed E-state index contributed by atoms with van der Waals surface area (Å²) in [6, 6.07) is 7.74. The van der Waals surface area contributed by atoms with Gasteiger partial charge in [-0.3, -0.25) is 4.79 Å². The van der Waals surface area contributed by atoms with E-state index in [0.717, 1.165) is 12.8 Å². The fourth-order valence-corrected chi connectivity index (χ4v) is 3.39. The number of piperidine rings is 1. The fourth-order valence-electron chi connectivity index (χ4n) is 3.39. The van der Waals surface area contributed by atoms with Crippen molar-refractivity contribution in [2.45, 2.75) is 19.1 Å². The van der Waals surface area contributed by atoms with Gasteiger partial charge in [0.25, 0.3) is 5.91 Å². The molecule has 7 heteroatoms. The molecular weight excluding hydrogens is 327 g/mol. The molecule has 2 fully saturated rings. The second-order valence-corrected chi connectivity index (χ2v) is 6.32. The molecule has 25 heavy (non-hydrogen) atoms. The molecule has 0 saturated carbocycles. The summed E-state index contributed by atoms with van der Waals surface area (Å²) in [5.74, 6) is -0.212. The Labute approximate surface area is 144 Å². The van der Waals surface area contributed by atoms with Gasteiger partial charge in [-0.15, -0.1) is 0 Å². The molecule has 2 aliphatic rings. The third kappa shape index (κ3) is 3.29. The summed E-state index contributed by atoms with van der Waals surface area (Å²) in [7, 11) is 0. The summed E-state index contributed by atoms with van der Waals surface area (Å²) in [4.78, 5) is 14.5. The van der Waals surface area contributed by atoms with Crippen LogP contribution in [0.4, 0.5) is 4.39 Å². The van der Waals surface area contributed by atoms with Crippen molar-refractivity contribution in [2.75, 3.05) is 26.3 Å². The molecule has 132 valence electrons. The zero-order valence-corrected chi connectivity index (χ0v) is 13.7. The highest BCUT2D eigenvalue weighted by Crippen LogP contribution is 2.27. The van der Waals surface area contributed by atoms with Gasteiger partial charge in [-0.2, -0.15) is 0 Å². The minimum Gasteiger partial charge on any atom is -0.355 e. The van der Waals surface area contributed by atoms with E-state index in [1.807, 2.05) is 0 Å². The lowest BCUT2D eigenvalue weighted by Crippen LogP contribution is -2.43. The van der Waals surface area contributed by atoms with Crippen LogP contribution < -0.4 is 0 Å². The number of amides is 1. The Morgan fingerprint density at radius 1 is 1.24 bits per heavy atom. The molecule has 2 saturated heterocycles. The maximum atomic E-state index is 13.9. The Morgan fingerprint density at radius 2 is 2.04 bits per heavy atom. The first kappa shape index (κ1) is 16.2. The van der Waals surface area contributed by atoms with Crippen LogP contribution in [0.1, 0.15) is 23.3 Å². The van der Waals surface area contributed by atoms with E-state index in [4.69, 9.17) is 14.0 Å². The standard InChI is InChI=1S/C18H19FN2O4/c19-14-6-2-1-5-13(14)16-10-15(20-25-16)17(22)21-7-3-4-12(11-21)18-23-8-9-24-18/h1-2,5-6,10,12,18H,3-4,7-9,11H2. The van der Waals surface area contributed by atoms with E-state index < -0.39 is 5.82 Å². The Morgan fingerprint density at radius 3 is 2.84 bits per heavy atom. The van der Waals surface area contributed by atoms with E-state index >= 15 is 0 Å². The Bertz CT molecular complexity index is 757. The summed E-state index contributed by atoms with van der Waals surface area (Å²) < 4.78 is 30.2. The van der Waals surface area contributed by atoms with Gasteiger partial charge in [0.15, 0.2) is 17.7 Å². The molecule has 3 heterocycles. The van der Waals surface area contributed by atoms with Crippen molar-refractivity contribution in [3.63, 3.8) is 0 Å². The van der Waals surface area contributed by atoms with E-state index in [1.54, 1.807) is 23.1 Å². The Balaban J connectivity index is 1.48. The molecule has 2 aliphatic heterocycles. The monoisotopic (exact) mass is 346 g/mol. The lowest BCUT2D eigenvalue weighted by molar-refractivity contribution is -0.0969. The summed E-state index contributed by atoms with van der Waals surface area (Å²) in [5, 5.41) is 3.84. The first-order valence-electron chi connectivity index (χ1n) is 8.46. The molecule has 6 nitrogen and oxygen atoms in total. The van der Waals surface area contributed by atoms with Gasteiger partial charge in [-0.1, -0.05) is 17.3 Å². The van der Waals surface area contributed by atoms with Gasteiger partial charge in [0.1, 0.15) is 5.82 Å². The molecule has 4 rings (SSSR count). The van der Waals surface area contributed by atoms with Crippen LogP contribution in [0.5, 0.6) is 0 Å². The number of hydrogen-bond donors (Lipinski definition) is 0. The SMILES string of the molecule is O=C(c1cc(-c2ccccc2F)on1)N1CCCC(C2OCCO2)C1. The van der Waals surface area contributed by atoms with Crippen LogP contribution in [0.3, 0.4) is 0 Å². The normalized spacial score (nSPS) is 21.6. The van der Waals surface area contributed by atoms with Crippen LogP contribution in [-0.2, 0) is 9.47 Å². The fraction of sp³-hybridized carbons (Fsp3) is 0.444. The Kier molecular flexibility index (Phi) is 4.50. The number of aromatic nitrogens is 1. The highest BCUT2D eigenvalue weighted by molar-refractivity contribution is 5.93. The zero-order valence-electron chi connectivity index (χ0n) is 13.7. The molecule has 0 N–H and O–H groups in total. The molecule has 1 amide bonds. The highest BCUT2D eigenvalue weighted by atomic mass is 19.1. The second kappa shape index (κ2) is 6.93. The van der Waals surface area contributed by atoms with Crippen LogP contribution in [0.15, 0.2) is 34.9 Å². The minimum absolute atomic E-state index is 0.165. The minimum atomic E-state index is -0.411. The van der Waals surface area contributed by atoms with Crippen LogP contribution >= 0.6 is 0 Å². The summed E-state index contributed by atoms with van der Waals surface area (Å²) >= 11 is 0. The van der Waals surface area contributed by atoms with Crippen molar-refractivity contribution in [2.24, 2.45) is 5.92 Å². The zero-order chi connectivity index (χ0) is 17.2. The molecule has 0 aliphatic carbocycles. The van der Waals surface area contributed by atoms with Gasteiger partial charge < -0.3 is 18.9 Å². The molecule has 0 bridgehead atoms. The number of rotatable bonds is 3. The summed E-state index contributed by atoms with van der Waals surface area (Å²) in [5.41, 5.74) is 0.477. The molecular formula is C18H19FN2O4. The summed E-state index contributed by atoms with van der Waals surface area (Å²) in [6.07, 6.45) is 1.62. The van der Waals surface area contributed by atoms with Crippen LogP contribution in [0.2, 0.25) is 0 Å². The number of hydrogen-bond acceptors (Lipinski definition) is 5. The average Bonchev–Trinajstić information content (AvgIpc) is 3.34. The van der Waals surface area contributed by atoms with E-state index in [-0.39, 0.29) is 29.6 Å².